The number of aliphatic imine (C=N–C) groups is 1. The smallest absolute Gasteiger partial charge is 0.207 e. The number of nitrogens with zero attached hydrogens (tertiary/aromatic N) is 1. The molecule has 0 saturated heterocycles. The second kappa shape index (κ2) is 5.93. The van der Waals surface area contributed by atoms with Crippen molar-refractivity contribution in [3.8, 4) is 0 Å². The van der Waals surface area contributed by atoms with Crippen LogP contribution in [0.25, 0.3) is 0 Å². The van der Waals surface area contributed by atoms with E-state index < -0.39 is 0 Å². The molecule has 0 rings (SSSR count). The van der Waals surface area contributed by atoms with Crippen LogP contribution in [0.1, 0.15) is 6.92 Å². The number of Topliss-reactive ketones (excluding diaryl/α,β-unsaturated/α-hetero) is 1. The highest BCUT2D eigenvalue weighted by molar-refractivity contribution is 6.45. The third-order valence-corrected chi connectivity index (χ3v) is 1.24. The summed E-state index contributed by atoms with van der Waals surface area (Å²) in [4.78, 5) is 24.9. The number of rotatable bonds is 5. The van der Waals surface area contributed by atoms with E-state index in [4.69, 9.17) is 5.73 Å². The van der Waals surface area contributed by atoms with Crippen molar-refractivity contribution in [2.75, 3.05) is 13.6 Å². The van der Waals surface area contributed by atoms with Gasteiger partial charge in [0.2, 0.25) is 6.41 Å². The summed E-state index contributed by atoms with van der Waals surface area (Å²) >= 11 is 0. The van der Waals surface area contributed by atoms with E-state index in [9.17, 15) is 9.59 Å². The van der Waals surface area contributed by atoms with Crippen molar-refractivity contribution in [3.05, 3.63) is 11.8 Å². The normalized spacial score (nSPS) is 12.5. The second-order valence-electron chi connectivity index (χ2n) is 2.42. The molecule has 0 spiro atoms. The molecular formula is C8H13N3O2. The Morgan fingerprint density at radius 2 is 2.23 bits per heavy atom. The molecule has 0 aromatic rings. The van der Waals surface area contributed by atoms with Crippen LogP contribution in [0.2, 0.25) is 0 Å². The van der Waals surface area contributed by atoms with Crippen LogP contribution < -0.4 is 11.1 Å². The Labute approximate surface area is 76.7 Å². The zero-order valence-electron chi connectivity index (χ0n) is 7.70. The van der Waals surface area contributed by atoms with Crippen LogP contribution in [0.3, 0.4) is 0 Å². The van der Waals surface area contributed by atoms with Crippen molar-refractivity contribution in [3.63, 3.8) is 0 Å². The quantitative estimate of drug-likeness (QED) is 0.434. The lowest BCUT2D eigenvalue weighted by atomic mass is 10.2. The summed E-state index contributed by atoms with van der Waals surface area (Å²) in [5, 5.41) is 2.26. The van der Waals surface area contributed by atoms with Gasteiger partial charge in [-0.25, -0.2) is 0 Å². The average Bonchev–Trinajstić information content (AvgIpc) is 2.09. The first-order valence-electron chi connectivity index (χ1n) is 3.72. The molecule has 0 aromatic heterocycles. The first-order chi connectivity index (χ1) is 6.11. The fraction of sp³-hybridized carbons (Fsp3) is 0.375. The van der Waals surface area contributed by atoms with Crippen molar-refractivity contribution < 1.29 is 9.59 Å². The van der Waals surface area contributed by atoms with Gasteiger partial charge in [0, 0.05) is 12.7 Å². The minimum absolute atomic E-state index is 0.0556. The van der Waals surface area contributed by atoms with E-state index >= 15 is 0 Å². The highest BCUT2D eigenvalue weighted by Gasteiger charge is 2.06. The number of ketones is 1. The van der Waals surface area contributed by atoms with Crippen LogP contribution in [-0.2, 0) is 9.59 Å². The third kappa shape index (κ3) is 4.73. The third-order valence-electron chi connectivity index (χ3n) is 1.24. The summed E-state index contributed by atoms with van der Waals surface area (Å²) in [6, 6.07) is 0. The Balaban J connectivity index is 4.35. The fourth-order valence-electron chi connectivity index (χ4n) is 0.710. The SMILES string of the molecule is CN=C(C=C(C)N)C(=O)CNC=O. The van der Waals surface area contributed by atoms with E-state index in [2.05, 4.69) is 10.3 Å². The predicted molar refractivity (Wildman–Crippen MR) is 50.4 cm³/mol. The highest BCUT2D eigenvalue weighted by atomic mass is 16.1. The summed E-state index contributed by atoms with van der Waals surface area (Å²) < 4.78 is 0. The molecule has 0 aliphatic rings. The number of hydrogen-bond acceptors (Lipinski definition) is 4. The number of hydrogen-bond donors (Lipinski definition) is 2. The number of nitrogens with two attached hydrogens (primary N) is 1. The summed E-state index contributed by atoms with van der Waals surface area (Å²) in [5.74, 6) is -0.264. The summed E-state index contributed by atoms with van der Waals surface area (Å²) in [7, 11) is 1.49. The Morgan fingerprint density at radius 3 is 2.62 bits per heavy atom. The summed E-state index contributed by atoms with van der Waals surface area (Å²) in [6.45, 7) is 1.60. The minimum Gasteiger partial charge on any atom is -0.402 e. The van der Waals surface area contributed by atoms with Gasteiger partial charge in [0.15, 0.2) is 5.78 Å². The van der Waals surface area contributed by atoms with Gasteiger partial charge in [0.05, 0.1) is 6.54 Å². The molecule has 0 unspecified atom stereocenters. The molecule has 5 heteroatoms. The number of nitrogens with one attached hydrogen (secondary N) is 1. The van der Waals surface area contributed by atoms with E-state index in [-0.39, 0.29) is 18.0 Å². The van der Waals surface area contributed by atoms with Crippen molar-refractivity contribution in [1.29, 1.82) is 0 Å². The number of amides is 1. The van der Waals surface area contributed by atoms with E-state index in [1.165, 1.54) is 13.1 Å². The van der Waals surface area contributed by atoms with Gasteiger partial charge >= 0.3 is 0 Å². The van der Waals surface area contributed by atoms with Gasteiger partial charge in [-0.05, 0) is 13.0 Å². The van der Waals surface area contributed by atoms with E-state index in [0.29, 0.717) is 12.1 Å². The lowest BCUT2D eigenvalue weighted by Gasteiger charge is -1.99. The first kappa shape index (κ1) is 11.4. The molecule has 0 radical (unpaired) electrons. The van der Waals surface area contributed by atoms with Crippen molar-refractivity contribution >= 4 is 17.9 Å². The van der Waals surface area contributed by atoms with Crippen molar-refractivity contribution in [2.45, 2.75) is 6.92 Å². The zero-order valence-corrected chi connectivity index (χ0v) is 7.70. The van der Waals surface area contributed by atoms with Gasteiger partial charge in [-0.1, -0.05) is 0 Å². The molecule has 13 heavy (non-hydrogen) atoms. The van der Waals surface area contributed by atoms with Crippen LogP contribution in [0.5, 0.6) is 0 Å². The van der Waals surface area contributed by atoms with Crippen molar-refractivity contribution in [1.82, 2.24) is 5.32 Å². The molecule has 0 aliphatic heterocycles. The van der Waals surface area contributed by atoms with Crippen LogP contribution in [0, 0.1) is 0 Å². The lowest BCUT2D eigenvalue weighted by Crippen LogP contribution is -2.27. The molecule has 3 N–H and O–H groups in total. The highest BCUT2D eigenvalue weighted by Crippen LogP contribution is 1.87. The van der Waals surface area contributed by atoms with Crippen LogP contribution in [0.4, 0.5) is 0 Å². The maximum atomic E-state index is 11.2. The number of carbonyl (C=O) groups is 2. The lowest BCUT2D eigenvalue weighted by molar-refractivity contribution is -0.115. The number of carbonyl (C=O) groups excluding carboxylic acids is 2. The Hall–Kier alpha value is -1.65. The van der Waals surface area contributed by atoms with E-state index in [1.54, 1.807) is 6.92 Å². The van der Waals surface area contributed by atoms with E-state index in [1.807, 2.05) is 0 Å². The van der Waals surface area contributed by atoms with E-state index in [0.717, 1.165) is 0 Å². The van der Waals surface area contributed by atoms with Crippen LogP contribution in [-0.4, -0.2) is 31.5 Å². The molecule has 0 fully saturated rings. The van der Waals surface area contributed by atoms with Gasteiger partial charge in [-0.15, -0.1) is 0 Å². The molecule has 72 valence electrons. The molecule has 1 amide bonds. The summed E-state index contributed by atoms with van der Waals surface area (Å²) in [5.41, 5.74) is 6.13. The molecule has 0 aromatic carbocycles. The Kier molecular flexibility index (Phi) is 5.18. The first-order valence-corrected chi connectivity index (χ1v) is 3.72. The second-order valence-corrected chi connectivity index (χ2v) is 2.42. The Bertz CT molecular complexity index is 252. The fourth-order valence-corrected chi connectivity index (χ4v) is 0.710. The summed E-state index contributed by atoms with van der Waals surface area (Å²) in [6.07, 6.45) is 1.93. The predicted octanol–water partition coefficient (Wildman–Crippen LogP) is -0.765. The molecule has 0 aliphatic carbocycles. The molecule has 0 bridgehead atoms. The maximum Gasteiger partial charge on any atom is 0.207 e. The van der Waals surface area contributed by atoms with Crippen LogP contribution >= 0.6 is 0 Å². The molecular weight excluding hydrogens is 170 g/mol. The zero-order chi connectivity index (χ0) is 10.3. The van der Waals surface area contributed by atoms with Crippen LogP contribution in [0.15, 0.2) is 16.8 Å². The standard InChI is InChI=1S/C8H13N3O2/c1-6(9)3-7(10-2)8(13)4-11-5-12/h3,5H,4,9H2,1-2H3,(H,11,12). The van der Waals surface area contributed by atoms with Gasteiger partial charge in [0.1, 0.15) is 5.71 Å². The largest absolute Gasteiger partial charge is 0.402 e. The minimum atomic E-state index is -0.264. The molecule has 0 atom stereocenters. The van der Waals surface area contributed by atoms with Gasteiger partial charge in [0.25, 0.3) is 0 Å². The average molecular weight is 183 g/mol. The maximum absolute atomic E-state index is 11.2. The monoisotopic (exact) mass is 183 g/mol. The van der Waals surface area contributed by atoms with Gasteiger partial charge in [-0.3, -0.25) is 14.6 Å². The molecule has 0 saturated carbocycles. The van der Waals surface area contributed by atoms with Crippen molar-refractivity contribution in [2.24, 2.45) is 10.7 Å². The molecule has 0 heterocycles. The van der Waals surface area contributed by atoms with Gasteiger partial charge in [-0.2, -0.15) is 0 Å². The number of allylic oxidation sites excluding steroid dienone is 2. The Morgan fingerprint density at radius 1 is 1.62 bits per heavy atom. The molecule has 5 nitrogen and oxygen atoms in total. The topological polar surface area (TPSA) is 84.5 Å². The van der Waals surface area contributed by atoms with Gasteiger partial charge < -0.3 is 11.1 Å².